The molecule has 0 fully saturated rings. The number of aliphatic carboxylic acids is 1. The first-order chi connectivity index (χ1) is 8.40. The van der Waals surface area contributed by atoms with E-state index in [0.29, 0.717) is 6.42 Å². The van der Waals surface area contributed by atoms with Crippen LogP contribution in [0.2, 0.25) is 0 Å². The molecule has 0 aliphatic heterocycles. The lowest BCUT2D eigenvalue weighted by Crippen LogP contribution is -2.40. The number of hydrogen-bond acceptors (Lipinski definition) is 5. The Morgan fingerprint density at radius 3 is 2.72 bits per heavy atom. The number of carbonyl (C=O) groups is 1. The molecule has 0 spiro atoms. The first-order valence-electron chi connectivity index (χ1n) is 5.15. The second-order valence-electron chi connectivity index (χ2n) is 3.53. The number of thiophene rings is 1. The lowest BCUT2D eigenvalue weighted by Gasteiger charge is -2.12. The highest BCUT2D eigenvalue weighted by molar-refractivity contribution is 7.91. The SMILES string of the molecule is CCCC(NS(=O)(=O)c1ccc(C#N)s1)C(=O)O. The van der Waals surface area contributed by atoms with E-state index in [1.165, 1.54) is 12.1 Å². The molecule has 98 valence electrons. The summed E-state index contributed by atoms with van der Waals surface area (Å²) < 4.78 is 25.8. The van der Waals surface area contributed by atoms with Gasteiger partial charge < -0.3 is 5.11 Å². The third-order valence-corrected chi connectivity index (χ3v) is 5.08. The highest BCUT2D eigenvalue weighted by Gasteiger charge is 2.25. The summed E-state index contributed by atoms with van der Waals surface area (Å²) in [6.07, 6.45) is 0.762. The number of hydrogen-bond donors (Lipinski definition) is 2. The maximum atomic E-state index is 11.9. The van der Waals surface area contributed by atoms with Crippen molar-refractivity contribution in [1.29, 1.82) is 5.26 Å². The summed E-state index contributed by atoms with van der Waals surface area (Å²) in [4.78, 5) is 11.1. The largest absolute Gasteiger partial charge is 0.480 e. The van der Waals surface area contributed by atoms with Gasteiger partial charge >= 0.3 is 5.97 Å². The van der Waals surface area contributed by atoms with E-state index < -0.39 is 22.0 Å². The maximum absolute atomic E-state index is 11.9. The van der Waals surface area contributed by atoms with Crippen molar-refractivity contribution in [2.75, 3.05) is 0 Å². The zero-order valence-electron chi connectivity index (χ0n) is 9.58. The molecule has 1 aromatic rings. The minimum absolute atomic E-state index is 0.0543. The van der Waals surface area contributed by atoms with Gasteiger partial charge in [0, 0.05) is 0 Å². The first kappa shape index (κ1) is 14.6. The summed E-state index contributed by atoms with van der Waals surface area (Å²) in [5, 5.41) is 17.5. The molecule has 18 heavy (non-hydrogen) atoms. The van der Waals surface area contributed by atoms with Crippen LogP contribution >= 0.6 is 11.3 Å². The number of carboxylic acid groups (broad SMARTS) is 1. The standard InChI is InChI=1S/C10H12N2O4S2/c1-2-3-8(10(13)14)12-18(15,16)9-5-4-7(6-11)17-9/h4-5,8,12H,2-3H2,1H3,(H,13,14). The Hall–Kier alpha value is -1.43. The molecule has 0 aromatic carbocycles. The van der Waals surface area contributed by atoms with Gasteiger partial charge in [-0.25, -0.2) is 8.42 Å². The van der Waals surface area contributed by atoms with Crippen molar-refractivity contribution in [3.8, 4) is 6.07 Å². The molecule has 0 bridgehead atoms. The summed E-state index contributed by atoms with van der Waals surface area (Å²) in [6, 6.07) is 3.36. The van der Waals surface area contributed by atoms with Crippen LogP contribution in [0.3, 0.4) is 0 Å². The fourth-order valence-corrected chi connectivity index (χ4v) is 3.64. The Morgan fingerprint density at radius 2 is 2.28 bits per heavy atom. The van der Waals surface area contributed by atoms with Crippen molar-refractivity contribution in [1.82, 2.24) is 4.72 Å². The van der Waals surface area contributed by atoms with E-state index in [-0.39, 0.29) is 15.5 Å². The molecule has 0 saturated heterocycles. The normalized spacial score (nSPS) is 12.9. The summed E-state index contributed by atoms with van der Waals surface area (Å²) in [6.45, 7) is 1.77. The summed E-state index contributed by atoms with van der Waals surface area (Å²) in [7, 11) is -3.88. The van der Waals surface area contributed by atoms with Gasteiger partial charge in [-0.2, -0.15) is 9.98 Å². The lowest BCUT2D eigenvalue weighted by molar-refractivity contribution is -0.139. The average Bonchev–Trinajstić information content (AvgIpc) is 2.77. The Bertz CT molecular complexity index is 571. The number of nitrogens with one attached hydrogen (secondary N) is 1. The molecule has 0 amide bonds. The van der Waals surface area contributed by atoms with Gasteiger partial charge in [-0.1, -0.05) is 13.3 Å². The number of nitrogens with zero attached hydrogens (tertiary/aromatic N) is 1. The van der Waals surface area contributed by atoms with E-state index in [0.717, 1.165) is 11.3 Å². The molecule has 1 aromatic heterocycles. The number of nitriles is 1. The van der Waals surface area contributed by atoms with E-state index in [1.807, 2.05) is 6.07 Å². The van der Waals surface area contributed by atoms with E-state index in [1.54, 1.807) is 6.92 Å². The Balaban J connectivity index is 2.93. The fourth-order valence-electron chi connectivity index (χ4n) is 1.29. The van der Waals surface area contributed by atoms with Gasteiger partial charge in [0.25, 0.3) is 10.0 Å². The minimum Gasteiger partial charge on any atom is -0.480 e. The average molecular weight is 288 g/mol. The van der Waals surface area contributed by atoms with Gasteiger partial charge in [-0.3, -0.25) is 4.79 Å². The van der Waals surface area contributed by atoms with Crippen molar-refractivity contribution < 1.29 is 18.3 Å². The first-order valence-corrected chi connectivity index (χ1v) is 7.45. The van der Waals surface area contributed by atoms with E-state index >= 15 is 0 Å². The Kier molecular flexibility index (Phi) is 4.84. The van der Waals surface area contributed by atoms with Crippen LogP contribution in [-0.4, -0.2) is 25.5 Å². The van der Waals surface area contributed by atoms with Gasteiger partial charge in [0.05, 0.1) is 0 Å². The number of sulfonamides is 1. The molecular formula is C10H12N2O4S2. The smallest absolute Gasteiger partial charge is 0.321 e. The van der Waals surface area contributed by atoms with E-state index in [9.17, 15) is 13.2 Å². The summed E-state index contributed by atoms with van der Waals surface area (Å²) >= 11 is 0.807. The predicted molar refractivity (Wildman–Crippen MR) is 65.7 cm³/mol. The van der Waals surface area contributed by atoms with Crippen LogP contribution in [0.25, 0.3) is 0 Å². The van der Waals surface area contributed by atoms with Crippen LogP contribution in [0, 0.1) is 11.3 Å². The van der Waals surface area contributed by atoms with Crippen molar-refractivity contribution in [2.24, 2.45) is 0 Å². The zero-order chi connectivity index (χ0) is 13.8. The van der Waals surface area contributed by atoms with Crippen LogP contribution in [0.5, 0.6) is 0 Å². The topological polar surface area (TPSA) is 107 Å². The van der Waals surface area contributed by atoms with Crippen LogP contribution < -0.4 is 4.72 Å². The predicted octanol–water partition coefficient (Wildman–Crippen LogP) is 1.15. The molecule has 1 unspecified atom stereocenters. The molecule has 8 heteroatoms. The zero-order valence-corrected chi connectivity index (χ0v) is 11.2. The molecule has 1 heterocycles. The van der Waals surface area contributed by atoms with Gasteiger partial charge in [0.15, 0.2) is 0 Å². The van der Waals surface area contributed by atoms with Crippen molar-refractivity contribution in [3.63, 3.8) is 0 Å². The molecule has 6 nitrogen and oxygen atoms in total. The number of rotatable bonds is 6. The minimum atomic E-state index is -3.88. The second kappa shape index (κ2) is 5.95. The van der Waals surface area contributed by atoms with Crippen LogP contribution in [0.15, 0.2) is 16.3 Å². The lowest BCUT2D eigenvalue weighted by atomic mass is 10.2. The van der Waals surface area contributed by atoms with E-state index in [4.69, 9.17) is 10.4 Å². The monoisotopic (exact) mass is 288 g/mol. The molecule has 0 radical (unpaired) electrons. The van der Waals surface area contributed by atoms with Gasteiger partial charge in [0.2, 0.25) is 0 Å². The summed E-state index contributed by atoms with van der Waals surface area (Å²) in [5.41, 5.74) is 0. The molecule has 1 atom stereocenters. The van der Waals surface area contributed by atoms with Gasteiger partial charge in [-0.15, -0.1) is 11.3 Å². The van der Waals surface area contributed by atoms with Crippen LogP contribution in [-0.2, 0) is 14.8 Å². The van der Waals surface area contributed by atoms with Crippen molar-refractivity contribution in [2.45, 2.75) is 30.0 Å². The third kappa shape index (κ3) is 3.53. The molecule has 0 aliphatic rings. The molecule has 0 aliphatic carbocycles. The van der Waals surface area contributed by atoms with Gasteiger partial charge in [0.1, 0.15) is 21.2 Å². The quantitative estimate of drug-likeness (QED) is 0.816. The van der Waals surface area contributed by atoms with Crippen LogP contribution in [0.1, 0.15) is 24.6 Å². The fraction of sp³-hybridized carbons (Fsp3) is 0.400. The van der Waals surface area contributed by atoms with Gasteiger partial charge in [-0.05, 0) is 18.6 Å². The number of carboxylic acids is 1. The third-order valence-electron chi connectivity index (χ3n) is 2.13. The van der Waals surface area contributed by atoms with E-state index in [2.05, 4.69) is 4.72 Å². The molecule has 0 saturated carbocycles. The van der Waals surface area contributed by atoms with Crippen molar-refractivity contribution in [3.05, 3.63) is 17.0 Å². The maximum Gasteiger partial charge on any atom is 0.321 e. The Morgan fingerprint density at radius 1 is 1.61 bits per heavy atom. The second-order valence-corrected chi connectivity index (χ2v) is 6.56. The molecule has 2 N–H and O–H groups in total. The molecule has 1 rings (SSSR count). The summed E-state index contributed by atoms with van der Waals surface area (Å²) in [5.74, 6) is -1.21. The Labute approximate surface area is 109 Å². The van der Waals surface area contributed by atoms with Crippen LogP contribution in [0.4, 0.5) is 0 Å². The molecular weight excluding hydrogens is 276 g/mol. The highest BCUT2D eigenvalue weighted by Crippen LogP contribution is 2.21. The highest BCUT2D eigenvalue weighted by atomic mass is 32.2. The van der Waals surface area contributed by atoms with Crippen molar-refractivity contribution >= 4 is 27.3 Å².